The fourth-order valence-electron chi connectivity index (χ4n) is 3.45. The minimum Gasteiger partial charge on any atom is -0.381 e. The first-order valence-electron chi connectivity index (χ1n) is 10.1. The van der Waals surface area contributed by atoms with E-state index >= 15 is 0 Å². The van der Waals surface area contributed by atoms with Crippen LogP contribution in [0.25, 0.3) is 0 Å². The van der Waals surface area contributed by atoms with Gasteiger partial charge in [0.2, 0.25) is 0 Å². The number of nitro benzene ring substituents is 1. The summed E-state index contributed by atoms with van der Waals surface area (Å²) < 4.78 is 5.60. The molecule has 1 saturated heterocycles. The van der Waals surface area contributed by atoms with Gasteiger partial charge in [0.1, 0.15) is 5.69 Å². The summed E-state index contributed by atoms with van der Waals surface area (Å²) in [6.07, 6.45) is 3.62. The Morgan fingerprint density at radius 3 is 2.59 bits per heavy atom. The predicted molar refractivity (Wildman–Crippen MR) is 112 cm³/mol. The Morgan fingerprint density at radius 1 is 1.10 bits per heavy atom. The zero-order valence-corrected chi connectivity index (χ0v) is 16.5. The minimum atomic E-state index is -0.412. The van der Waals surface area contributed by atoms with Crippen LogP contribution in [0.2, 0.25) is 0 Å². The first kappa shape index (κ1) is 20.8. The Balaban J connectivity index is 1.42. The molecule has 0 saturated carbocycles. The van der Waals surface area contributed by atoms with Crippen molar-refractivity contribution in [1.82, 2.24) is 5.32 Å². The van der Waals surface area contributed by atoms with Gasteiger partial charge in [-0.05, 0) is 43.4 Å². The average Bonchev–Trinajstić information content (AvgIpc) is 3.28. The van der Waals surface area contributed by atoms with Crippen molar-refractivity contribution in [2.45, 2.75) is 25.7 Å². The second-order valence-electron chi connectivity index (χ2n) is 7.11. The van der Waals surface area contributed by atoms with Crippen LogP contribution in [0, 0.1) is 10.1 Å². The molecule has 29 heavy (non-hydrogen) atoms. The second-order valence-corrected chi connectivity index (χ2v) is 7.11. The minimum absolute atomic E-state index is 0.0104. The van der Waals surface area contributed by atoms with Crippen molar-refractivity contribution in [1.29, 1.82) is 0 Å². The Hall–Kier alpha value is -2.93. The lowest BCUT2D eigenvalue weighted by atomic mass is 10.1. The van der Waals surface area contributed by atoms with Crippen molar-refractivity contribution < 1.29 is 14.5 Å². The SMILES string of the molecule is O=C(NCCCOCCc1ccccc1)c1ccc(N2CCCC2)c([N+](=O)[O-])c1. The van der Waals surface area contributed by atoms with E-state index in [1.54, 1.807) is 12.1 Å². The first-order chi connectivity index (χ1) is 14.1. The molecule has 0 radical (unpaired) electrons. The van der Waals surface area contributed by atoms with Crippen LogP contribution in [0.15, 0.2) is 48.5 Å². The fraction of sp³-hybridized carbons (Fsp3) is 0.409. The summed E-state index contributed by atoms with van der Waals surface area (Å²) in [4.78, 5) is 25.4. The molecule has 0 aliphatic carbocycles. The molecule has 3 rings (SSSR count). The quantitative estimate of drug-likeness (QED) is 0.376. The maximum absolute atomic E-state index is 12.3. The van der Waals surface area contributed by atoms with Crippen LogP contribution in [0.5, 0.6) is 0 Å². The molecule has 7 nitrogen and oxygen atoms in total. The summed E-state index contributed by atoms with van der Waals surface area (Å²) in [5, 5.41) is 14.3. The second kappa shape index (κ2) is 10.6. The molecule has 1 heterocycles. The molecule has 0 spiro atoms. The Labute approximate surface area is 170 Å². The highest BCUT2D eigenvalue weighted by Crippen LogP contribution is 2.31. The Kier molecular flexibility index (Phi) is 7.58. The number of amides is 1. The predicted octanol–water partition coefficient (Wildman–Crippen LogP) is 3.57. The molecule has 1 N–H and O–H groups in total. The van der Waals surface area contributed by atoms with Gasteiger partial charge in [-0.2, -0.15) is 0 Å². The molecule has 1 aliphatic heterocycles. The van der Waals surface area contributed by atoms with Crippen molar-refractivity contribution in [3.05, 3.63) is 69.8 Å². The number of nitro groups is 1. The largest absolute Gasteiger partial charge is 0.381 e. The fourth-order valence-corrected chi connectivity index (χ4v) is 3.45. The van der Waals surface area contributed by atoms with Gasteiger partial charge >= 0.3 is 0 Å². The van der Waals surface area contributed by atoms with Gasteiger partial charge in [0.25, 0.3) is 11.6 Å². The van der Waals surface area contributed by atoms with E-state index in [0.29, 0.717) is 37.4 Å². The molecule has 1 aliphatic rings. The maximum atomic E-state index is 12.3. The molecule has 2 aromatic carbocycles. The van der Waals surface area contributed by atoms with E-state index in [1.165, 1.54) is 11.6 Å². The molecule has 1 amide bonds. The van der Waals surface area contributed by atoms with Gasteiger partial charge in [-0.25, -0.2) is 0 Å². The molecule has 0 unspecified atom stereocenters. The number of nitrogens with zero attached hydrogens (tertiary/aromatic N) is 2. The number of carbonyl (C=O) groups is 1. The van der Waals surface area contributed by atoms with Gasteiger partial charge in [0, 0.05) is 37.9 Å². The van der Waals surface area contributed by atoms with E-state index in [9.17, 15) is 14.9 Å². The third-order valence-corrected chi connectivity index (χ3v) is 5.01. The molecule has 0 aromatic heterocycles. The number of benzene rings is 2. The van der Waals surface area contributed by atoms with Gasteiger partial charge in [-0.1, -0.05) is 30.3 Å². The van der Waals surface area contributed by atoms with Crippen LogP contribution in [-0.4, -0.2) is 43.7 Å². The van der Waals surface area contributed by atoms with Gasteiger partial charge in [-0.3, -0.25) is 14.9 Å². The van der Waals surface area contributed by atoms with Crippen molar-refractivity contribution >= 4 is 17.3 Å². The van der Waals surface area contributed by atoms with Crippen LogP contribution in [0.3, 0.4) is 0 Å². The van der Waals surface area contributed by atoms with E-state index in [0.717, 1.165) is 32.4 Å². The zero-order chi connectivity index (χ0) is 20.5. The molecule has 0 atom stereocenters. The highest BCUT2D eigenvalue weighted by molar-refractivity contribution is 5.95. The van der Waals surface area contributed by atoms with Crippen LogP contribution in [-0.2, 0) is 11.2 Å². The lowest BCUT2D eigenvalue weighted by Gasteiger charge is -2.17. The summed E-state index contributed by atoms with van der Waals surface area (Å²) >= 11 is 0. The average molecular weight is 397 g/mol. The summed E-state index contributed by atoms with van der Waals surface area (Å²) in [5.74, 6) is -0.301. The maximum Gasteiger partial charge on any atom is 0.293 e. The van der Waals surface area contributed by atoms with Crippen molar-refractivity contribution in [3.63, 3.8) is 0 Å². The van der Waals surface area contributed by atoms with E-state index < -0.39 is 4.92 Å². The Morgan fingerprint density at radius 2 is 1.86 bits per heavy atom. The molecule has 7 heteroatoms. The van der Waals surface area contributed by atoms with Gasteiger partial charge in [-0.15, -0.1) is 0 Å². The third-order valence-electron chi connectivity index (χ3n) is 5.01. The van der Waals surface area contributed by atoms with E-state index in [-0.39, 0.29) is 11.6 Å². The van der Waals surface area contributed by atoms with E-state index in [1.807, 2.05) is 23.1 Å². The molecule has 2 aromatic rings. The van der Waals surface area contributed by atoms with Crippen LogP contribution in [0.1, 0.15) is 35.2 Å². The summed E-state index contributed by atoms with van der Waals surface area (Å²) in [5.41, 5.74) is 2.13. The molecule has 154 valence electrons. The summed E-state index contributed by atoms with van der Waals surface area (Å²) in [7, 11) is 0. The first-order valence-corrected chi connectivity index (χ1v) is 10.1. The van der Waals surface area contributed by atoms with Crippen molar-refractivity contribution in [2.75, 3.05) is 37.7 Å². The molecule has 0 bridgehead atoms. The van der Waals surface area contributed by atoms with Gasteiger partial charge < -0.3 is 15.0 Å². The lowest BCUT2D eigenvalue weighted by Crippen LogP contribution is -2.26. The topological polar surface area (TPSA) is 84.7 Å². The van der Waals surface area contributed by atoms with Gasteiger partial charge in [0.15, 0.2) is 0 Å². The number of ether oxygens (including phenoxy) is 1. The third kappa shape index (κ3) is 6.02. The van der Waals surface area contributed by atoms with Gasteiger partial charge in [0.05, 0.1) is 11.5 Å². The summed E-state index contributed by atoms with van der Waals surface area (Å²) in [6.45, 7) is 3.29. The lowest BCUT2D eigenvalue weighted by molar-refractivity contribution is -0.384. The number of rotatable bonds is 10. The normalized spacial score (nSPS) is 13.4. The van der Waals surface area contributed by atoms with Crippen LogP contribution >= 0.6 is 0 Å². The smallest absolute Gasteiger partial charge is 0.293 e. The summed E-state index contributed by atoms with van der Waals surface area (Å²) in [6, 6.07) is 14.9. The monoisotopic (exact) mass is 397 g/mol. The number of anilines is 1. The Bertz CT molecular complexity index is 820. The molecular formula is C22H27N3O4. The van der Waals surface area contributed by atoms with Crippen molar-refractivity contribution in [3.8, 4) is 0 Å². The highest BCUT2D eigenvalue weighted by Gasteiger charge is 2.23. The van der Waals surface area contributed by atoms with E-state index in [4.69, 9.17) is 4.74 Å². The standard InChI is InChI=1S/C22H27N3O4/c26-22(23-12-6-15-29-16-11-18-7-2-1-3-8-18)19-9-10-20(21(17-19)25(27)28)24-13-4-5-14-24/h1-3,7-10,17H,4-6,11-16H2,(H,23,26). The molecule has 1 fully saturated rings. The number of hydrogen-bond donors (Lipinski definition) is 1. The van der Waals surface area contributed by atoms with Crippen molar-refractivity contribution in [2.24, 2.45) is 0 Å². The zero-order valence-electron chi connectivity index (χ0n) is 16.5. The number of nitrogens with one attached hydrogen (secondary N) is 1. The number of hydrogen-bond acceptors (Lipinski definition) is 5. The van der Waals surface area contributed by atoms with Crippen LogP contribution in [0.4, 0.5) is 11.4 Å². The highest BCUT2D eigenvalue weighted by atomic mass is 16.6. The molecular weight excluding hydrogens is 370 g/mol. The number of carbonyl (C=O) groups excluding carboxylic acids is 1. The van der Waals surface area contributed by atoms with E-state index in [2.05, 4.69) is 17.4 Å². The van der Waals surface area contributed by atoms with Crippen LogP contribution < -0.4 is 10.2 Å².